The Balaban J connectivity index is 1.54. The van der Waals surface area contributed by atoms with Gasteiger partial charge in [-0.25, -0.2) is 4.98 Å². The molecule has 0 radical (unpaired) electrons. The van der Waals surface area contributed by atoms with Crippen LogP contribution in [0.15, 0.2) is 23.0 Å². The van der Waals surface area contributed by atoms with Gasteiger partial charge in [-0.2, -0.15) is 0 Å². The standard InChI is InChI=1S/C15H20N4O2/c16-11-4-5-13-12(8-11)14(20)19-15(18-13)17-6-1-7-21-9-10-2-3-10/h4-5,8,10H,1-3,6-7,9,16H2,(H2,17,18,19,20). The molecule has 1 aliphatic carbocycles. The molecule has 112 valence electrons. The van der Waals surface area contributed by atoms with Crippen LogP contribution in [0.3, 0.4) is 0 Å². The number of hydrogen-bond donors (Lipinski definition) is 3. The van der Waals surface area contributed by atoms with Crippen LogP contribution in [-0.2, 0) is 4.74 Å². The van der Waals surface area contributed by atoms with Gasteiger partial charge in [-0.15, -0.1) is 0 Å². The van der Waals surface area contributed by atoms with Crippen molar-refractivity contribution in [1.29, 1.82) is 0 Å². The molecule has 1 heterocycles. The van der Waals surface area contributed by atoms with Gasteiger partial charge in [0.2, 0.25) is 5.95 Å². The molecule has 0 bridgehead atoms. The Morgan fingerprint density at radius 3 is 3.10 bits per heavy atom. The van der Waals surface area contributed by atoms with Gasteiger partial charge < -0.3 is 15.8 Å². The first-order valence-corrected chi connectivity index (χ1v) is 7.33. The quantitative estimate of drug-likeness (QED) is 0.533. The van der Waals surface area contributed by atoms with E-state index in [9.17, 15) is 4.79 Å². The van der Waals surface area contributed by atoms with Gasteiger partial charge >= 0.3 is 0 Å². The zero-order valence-electron chi connectivity index (χ0n) is 11.9. The number of nitrogens with two attached hydrogens (primary N) is 1. The Morgan fingerprint density at radius 1 is 1.43 bits per heavy atom. The smallest absolute Gasteiger partial charge is 0.260 e. The minimum atomic E-state index is -0.181. The van der Waals surface area contributed by atoms with Gasteiger partial charge in [0.25, 0.3) is 5.56 Å². The molecule has 0 aliphatic heterocycles. The van der Waals surface area contributed by atoms with Crippen LogP contribution in [-0.4, -0.2) is 29.7 Å². The van der Waals surface area contributed by atoms with Gasteiger partial charge in [0, 0.05) is 25.4 Å². The molecule has 3 rings (SSSR count). The zero-order valence-corrected chi connectivity index (χ0v) is 11.9. The fraction of sp³-hybridized carbons (Fsp3) is 0.467. The topological polar surface area (TPSA) is 93.0 Å². The maximum atomic E-state index is 12.0. The van der Waals surface area contributed by atoms with E-state index in [0.29, 0.717) is 29.1 Å². The lowest BCUT2D eigenvalue weighted by atomic mass is 10.2. The molecule has 0 unspecified atom stereocenters. The summed E-state index contributed by atoms with van der Waals surface area (Å²) in [5.74, 6) is 1.28. The lowest BCUT2D eigenvalue weighted by molar-refractivity contribution is 0.124. The number of benzene rings is 1. The zero-order chi connectivity index (χ0) is 14.7. The number of nitrogens with one attached hydrogen (secondary N) is 2. The summed E-state index contributed by atoms with van der Waals surface area (Å²) in [7, 11) is 0. The van der Waals surface area contributed by atoms with E-state index >= 15 is 0 Å². The predicted octanol–water partition coefficient (Wildman–Crippen LogP) is 1.73. The summed E-state index contributed by atoms with van der Waals surface area (Å²) in [6.07, 6.45) is 3.51. The van der Waals surface area contributed by atoms with E-state index in [4.69, 9.17) is 10.5 Å². The molecular weight excluding hydrogens is 268 g/mol. The summed E-state index contributed by atoms with van der Waals surface area (Å²) < 4.78 is 5.56. The molecule has 1 aromatic carbocycles. The molecule has 6 nitrogen and oxygen atoms in total. The second-order valence-electron chi connectivity index (χ2n) is 5.49. The van der Waals surface area contributed by atoms with Gasteiger partial charge in [0.1, 0.15) is 0 Å². The third-order valence-electron chi connectivity index (χ3n) is 3.54. The Hall–Kier alpha value is -2.08. The summed E-state index contributed by atoms with van der Waals surface area (Å²) in [5.41, 5.74) is 6.69. The van der Waals surface area contributed by atoms with Crippen LogP contribution >= 0.6 is 0 Å². The fourth-order valence-corrected chi connectivity index (χ4v) is 2.16. The Morgan fingerprint density at radius 2 is 2.29 bits per heavy atom. The largest absolute Gasteiger partial charge is 0.399 e. The van der Waals surface area contributed by atoms with Crippen LogP contribution in [0.5, 0.6) is 0 Å². The van der Waals surface area contributed by atoms with Crippen molar-refractivity contribution in [3.63, 3.8) is 0 Å². The number of ether oxygens (including phenoxy) is 1. The molecule has 4 N–H and O–H groups in total. The number of nitrogens with zero attached hydrogens (tertiary/aromatic N) is 1. The Labute approximate surface area is 122 Å². The second-order valence-corrected chi connectivity index (χ2v) is 5.49. The molecule has 1 fully saturated rings. The van der Waals surface area contributed by atoms with Crippen molar-refractivity contribution in [3.05, 3.63) is 28.6 Å². The highest BCUT2D eigenvalue weighted by molar-refractivity contribution is 5.81. The third kappa shape index (κ3) is 3.72. The van der Waals surface area contributed by atoms with E-state index in [-0.39, 0.29) is 5.56 Å². The average Bonchev–Trinajstić information content (AvgIpc) is 3.28. The van der Waals surface area contributed by atoms with E-state index in [0.717, 1.165) is 25.6 Å². The van der Waals surface area contributed by atoms with E-state index in [2.05, 4.69) is 15.3 Å². The number of fused-ring (bicyclic) bond motifs is 1. The molecule has 1 saturated carbocycles. The molecule has 0 saturated heterocycles. The van der Waals surface area contributed by atoms with E-state index < -0.39 is 0 Å². The van der Waals surface area contributed by atoms with Crippen LogP contribution in [0.4, 0.5) is 11.6 Å². The Kier molecular flexibility index (Phi) is 4.06. The fourth-order valence-electron chi connectivity index (χ4n) is 2.16. The van der Waals surface area contributed by atoms with Crippen molar-refractivity contribution < 1.29 is 4.74 Å². The van der Waals surface area contributed by atoms with Crippen LogP contribution < -0.4 is 16.6 Å². The number of H-pyrrole nitrogens is 1. The van der Waals surface area contributed by atoms with Gasteiger partial charge in [-0.1, -0.05) is 0 Å². The van der Waals surface area contributed by atoms with E-state index in [1.54, 1.807) is 18.2 Å². The molecule has 0 amide bonds. The van der Waals surface area contributed by atoms with Crippen molar-refractivity contribution in [1.82, 2.24) is 9.97 Å². The van der Waals surface area contributed by atoms with Gasteiger partial charge in [0.05, 0.1) is 10.9 Å². The molecular formula is C15H20N4O2. The van der Waals surface area contributed by atoms with Crippen molar-refractivity contribution in [2.24, 2.45) is 5.92 Å². The molecule has 1 aromatic heterocycles. The molecule has 0 atom stereocenters. The van der Waals surface area contributed by atoms with Crippen molar-refractivity contribution in [2.45, 2.75) is 19.3 Å². The number of nitrogen functional groups attached to an aromatic ring is 1. The number of aromatic nitrogens is 2. The maximum absolute atomic E-state index is 12.0. The maximum Gasteiger partial charge on any atom is 0.260 e. The summed E-state index contributed by atoms with van der Waals surface area (Å²) >= 11 is 0. The number of rotatable bonds is 7. The first-order chi connectivity index (χ1) is 10.2. The van der Waals surface area contributed by atoms with Crippen LogP contribution in [0.2, 0.25) is 0 Å². The summed E-state index contributed by atoms with van der Waals surface area (Å²) in [4.78, 5) is 19.0. The number of hydrogen-bond acceptors (Lipinski definition) is 5. The molecule has 6 heteroatoms. The van der Waals surface area contributed by atoms with Gasteiger partial charge in [0.15, 0.2) is 0 Å². The minimum absolute atomic E-state index is 0.181. The Bertz CT molecular complexity index is 679. The first kappa shape index (κ1) is 13.9. The van der Waals surface area contributed by atoms with Crippen LogP contribution in [0.1, 0.15) is 19.3 Å². The van der Waals surface area contributed by atoms with Gasteiger partial charge in [-0.05, 0) is 43.4 Å². The monoisotopic (exact) mass is 288 g/mol. The highest BCUT2D eigenvalue weighted by atomic mass is 16.5. The predicted molar refractivity (Wildman–Crippen MR) is 83.4 cm³/mol. The third-order valence-corrected chi connectivity index (χ3v) is 3.54. The summed E-state index contributed by atoms with van der Waals surface area (Å²) in [6, 6.07) is 5.13. The van der Waals surface area contributed by atoms with Crippen molar-refractivity contribution in [3.8, 4) is 0 Å². The number of aromatic amines is 1. The first-order valence-electron chi connectivity index (χ1n) is 7.33. The van der Waals surface area contributed by atoms with Crippen LogP contribution in [0, 0.1) is 5.92 Å². The second kappa shape index (κ2) is 6.13. The molecule has 2 aromatic rings. The minimum Gasteiger partial charge on any atom is -0.399 e. The summed E-state index contributed by atoms with van der Waals surface area (Å²) in [5, 5.41) is 3.63. The molecule has 0 spiro atoms. The average molecular weight is 288 g/mol. The number of anilines is 2. The van der Waals surface area contributed by atoms with Crippen molar-refractivity contribution in [2.75, 3.05) is 30.8 Å². The van der Waals surface area contributed by atoms with E-state index in [1.165, 1.54) is 12.8 Å². The lowest BCUT2D eigenvalue weighted by Crippen LogP contribution is -2.15. The van der Waals surface area contributed by atoms with Crippen molar-refractivity contribution >= 4 is 22.5 Å². The SMILES string of the molecule is Nc1ccc2nc(NCCCOCC3CC3)[nH]c(=O)c2c1. The highest BCUT2D eigenvalue weighted by Gasteiger charge is 2.20. The molecule has 21 heavy (non-hydrogen) atoms. The highest BCUT2D eigenvalue weighted by Crippen LogP contribution is 2.28. The van der Waals surface area contributed by atoms with Gasteiger partial charge in [-0.3, -0.25) is 9.78 Å². The van der Waals surface area contributed by atoms with Crippen LogP contribution in [0.25, 0.3) is 10.9 Å². The summed E-state index contributed by atoms with van der Waals surface area (Å²) in [6.45, 7) is 2.33. The lowest BCUT2D eigenvalue weighted by Gasteiger charge is -2.07. The normalized spacial score (nSPS) is 14.5. The van der Waals surface area contributed by atoms with E-state index in [1.807, 2.05) is 0 Å². The molecule has 1 aliphatic rings.